The lowest BCUT2D eigenvalue weighted by Crippen LogP contribution is -2.19. The molecule has 0 saturated carbocycles. The maximum Gasteiger partial charge on any atom is 0.127 e. The van der Waals surface area contributed by atoms with Gasteiger partial charge in [-0.2, -0.15) is 0 Å². The zero-order valence-corrected chi connectivity index (χ0v) is 14.8. The van der Waals surface area contributed by atoms with Gasteiger partial charge in [0.15, 0.2) is 0 Å². The average Bonchev–Trinajstić information content (AvgIpc) is 2.31. The highest BCUT2D eigenvalue weighted by Crippen LogP contribution is 2.28. The van der Waals surface area contributed by atoms with Gasteiger partial charge in [-0.15, -0.1) is 0 Å². The Morgan fingerprint density at radius 2 is 2.05 bits per heavy atom. The number of nitrogens with one attached hydrogen (secondary N) is 1. The number of halogens is 1. The Hall–Kier alpha value is -0.800. The van der Waals surface area contributed by atoms with Crippen molar-refractivity contribution in [3.8, 4) is 5.75 Å². The van der Waals surface area contributed by atoms with Crippen LogP contribution in [0.3, 0.4) is 0 Å². The summed E-state index contributed by atoms with van der Waals surface area (Å²) in [5.41, 5.74) is 3.65. The molecular formula is C17H26BrNO. The van der Waals surface area contributed by atoms with Crippen molar-refractivity contribution in [1.29, 1.82) is 0 Å². The van der Waals surface area contributed by atoms with Crippen molar-refractivity contribution in [1.82, 2.24) is 5.32 Å². The summed E-state index contributed by atoms with van der Waals surface area (Å²) in [5, 5.41) is 3.48. The maximum atomic E-state index is 5.95. The lowest BCUT2D eigenvalue weighted by atomic mass is 10.1. The predicted molar refractivity (Wildman–Crippen MR) is 90.3 cm³/mol. The first kappa shape index (κ1) is 17.3. The molecule has 0 radical (unpaired) electrons. The first-order chi connectivity index (χ1) is 9.40. The van der Waals surface area contributed by atoms with Crippen LogP contribution < -0.4 is 10.1 Å². The fourth-order valence-corrected chi connectivity index (χ4v) is 2.54. The van der Waals surface area contributed by atoms with E-state index in [2.05, 4.69) is 74.1 Å². The molecule has 0 aliphatic heterocycles. The Kier molecular flexibility index (Phi) is 7.31. The van der Waals surface area contributed by atoms with Crippen molar-refractivity contribution in [3.05, 3.63) is 39.4 Å². The van der Waals surface area contributed by atoms with Gasteiger partial charge in [0.05, 0.1) is 0 Å². The molecule has 1 aromatic rings. The lowest BCUT2D eigenvalue weighted by Gasteiger charge is -2.15. The number of rotatable bonds is 7. The molecule has 112 valence electrons. The summed E-state index contributed by atoms with van der Waals surface area (Å²) in [6.45, 7) is 13.2. The standard InChI is InChI=1S/C17H26BrNO/c1-12(2)6-7-20-17-14(5)8-16(18)9-15(17)11-19-10-13(3)4/h6,8-9,13,19H,7,10-11H2,1-5H3. The van der Waals surface area contributed by atoms with Gasteiger partial charge in [-0.3, -0.25) is 0 Å². The van der Waals surface area contributed by atoms with Crippen molar-refractivity contribution in [3.63, 3.8) is 0 Å². The molecule has 3 heteroatoms. The fraction of sp³-hybridized carbons (Fsp3) is 0.529. The average molecular weight is 340 g/mol. The molecule has 0 aliphatic rings. The topological polar surface area (TPSA) is 21.3 Å². The molecule has 0 amide bonds. The zero-order chi connectivity index (χ0) is 15.1. The Morgan fingerprint density at radius 3 is 2.65 bits per heavy atom. The molecule has 0 unspecified atom stereocenters. The van der Waals surface area contributed by atoms with Gasteiger partial charge in [0.25, 0.3) is 0 Å². The number of aryl methyl sites for hydroxylation is 1. The smallest absolute Gasteiger partial charge is 0.127 e. The number of ether oxygens (including phenoxy) is 1. The highest BCUT2D eigenvalue weighted by atomic mass is 79.9. The molecule has 1 aromatic carbocycles. The van der Waals surface area contributed by atoms with Crippen LogP contribution in [0.2, 0.25) is 0 Å². The first-order valence-corrected chi connectivity index (χ1v) is 7.95. The van der Waals surface area contributed by atoms with Gasteiger partial charge in [0.2, 0.25) is 0 Å². The van der Waals surface area contributed by atoms with Crippen LogP contribution in [0.1, 0.15) is 38.8 Å². The van der Waals surface area contributed by atoms with Crippen LogP contribution in [-0.2, 0) is 6.54 Å². The van der Waals surface area contributed by atoms with Crippen molar-refractivity contribution in [2.45, 2.75) is 41.2 Å². The number of hydrogen-bond acceptors (Lipinski definition) is 2. The largest absolute Gasteiger partial charge is 0.489 e. The van der Waals surface area contributed by atoms with E-state index >= 15 is 0 Å². The molecule has 0 spiro atoms. The van der Waals surface area contributed by atoms with Gasteiger partial charge < -0.3 is 10.1 Å². The van der Waals surface area contributed by atoms with E-state index in [1.807, 2.05) is 0 Å². The van der Waals surface area contributed by atoms with E-state index in [0.717, 1.165) is 23.3 Å². The van der Waals surface area contributed by atoms with Crippen LogP contribution in [0.25, 0.3) is 0 Å². The van der Waals surface area contributed by atoms with Crippen molar-refractivity contribution in [2.24, 2.45) is 5.92 Å². The molecule has 0 fully saturated rings. The quantitative estimate of drug-likeness (QED) is 0.717. The second-order valence-corrected chi connectivity index (χ2v) is 6.74. The highest BCUT2D eigenvalue weighted by Gasteiger charge is 2.09. The van der Waals surface area contributed by atoms with E-state index in [1.165, 1.54) is 16.7 Å². The van der Waals surface area contributed by atoms with Gasteiger partial charge in [0, 0.05) is 16.6 Å². The summed E-state index contributed by atoms with van der Waals surface area (Å²) in [4.78, 5) is 0. The minimum atomic E-state index is 0.627. The van der Waals surface area contributed by atoms with Gasteiger partial charge >= 0.3 is 0 Å². The summed E-state index contributed by atoms with van der Waals surface area (Å²) in [5.74, 6) is 1.65. The van der Waals surface area contributed by atoms with Crippen LogP contribution in [0.15, 0.2) is 28.3 Å². The second kappa shape index (κ2) is 8.48. The van der Waals surface area contributed by atoms with Gasteiger partial charge in [-0.05, 0) is 57.0 Å². The Morgan fingerprint density at radius 1 is 1.35 bits per heavy atom. The molecule has 2 nitrogen and oxygen atoms in total. The van der Waals surface area contributed by atoms with E-state index in [4.69, 9.17) is 4.74 Å². The van der Waals surface area contributed by atoms with Crippen molar-refractivity contribution < 1.29 is 4.74 Å². The number of allylic oxidation sites excluding steroid dienone is 1. The first-order valence-electron chi connectivity index (χ1n) is 7.16. The van der Waals surface area contributed by atoms with E-state index < -0.39 is 0 Å². The van der Waals surface area contributed by atoms with Gasteiger partial charge in [-0.25, -0.2) is 0 Å². The fourth-order valence-electron chi connectivity index (χ4n) is 1.92. The van der Waals surface area contributed by atoms with E-state index in [-0.39, 0.29) is 0 Å². The van der Waals surface area contributed by atoms with Crippen LogP contribution in [-0.4, -0.2) is 13.2 Å². The normalized spacial score (nSPS) is 10.8. The third kappa shape index (κ3) is 6.10. The molecule has 0 aromatic heterocycles. The zero-order valence-electron chi connectivity index (χ0n) is 13.2. The minimum Gasteiger partial charge on any atom is -0.489 e. The Balaban J connectivity index is 2.81. The molecule has 1 rings (SSSR count). The third-order valence-electron chi connectivity index (χ3n) is 2.90. The summed E-state index contributed by atoms with van der Waals surface area (Å²) in [7, 11) is 0. The molecular weight excluding hydrogens is 314 g/mol. The SMILES string of the molecule is CC(C)=CCOc1c(C)cc(Br)cc1CNCC(C)C. The summed E-state index contributed by atoms with van der Waals surface area (Å²) < 4.78 is 7.06. The Bertz CT molecular complexity index is 462. The summed E-state index contributed by atoms with van der Waals surface area (Å²) in [6.07, 6.45) is 2.10. The number of benzene rings is 1. The molecule has 0 heterocycles. The van der Waals surface area contributed by atoms with Crippen LogP contribution in [0.4, 0.5) is 0 Å². The van der Waals surface area contributed by atoms with Crippen LogP contribution in [0.5, 0.6) is 5.75 Å². The predicted octanol–water partition coefficient (Wildman–Crippen LogP) is 4.85. The molecule has 0 saturated heterocycles. The monoisotopic (exact) mass is 339 g/mol. The van der Waals surface area contributed by atoms with Crippen molar-refractivity contribution in [2.75, 3.05) is 13.2 Å². The van der Waals surface area contributed by atoms with Crippen LogP contribution in [0, 0.1) is 12.8 Å². The van der Waals surface area contributed by atoms with Crippen molar-refractivity contribution >= 4 is 15.9 Å². The van der Waals surface area contributed by atoms with Gasteiger partial charge in [-0.1, -0.05) is 35.4 Å². The summed E-state index contributed by atoms with van der Waals surface area (Å²) >= 11 is 3.56. The number of hydrogen-bond donors (Lipinski definition) is 1. The van der Waals surface area contributed by atoms with Gasteiger partial charge in [0.1, 0.15) is 12.4 Å². The van der Waals surface area contributed by atoms with E-state index in [0.29, 0.717) is 12.5 Å². The minimum absolute atomic E-state index is 0.627. The molecule has 0 atom stereocenters. The van der Waals surface area contributed by atoms with E-state index in [1.54, 1.807) is 0 Å². The molecule has 1 N–H and O–H groups in total. The van der Waals surface area contributed by atoms with Crippen LogP contribution >= 0.6 is 15.9 Å². The lowest BCUT2D eigenvalue weighted by molar-refractivity contribution is 0.353. The maximum absolute atomic E-state index is 5.95. The molecule has 0 bridgehead atoms. The van der Waals surface area contributed by atoms with E-state index in [9.17, 15) is 0 Å². The highest BCUT2D eigenvalue weighted by molar-refractivity contribution is 9.10. The molecule has 20 heavy (non-hydrogen) atoms. The Labute approximate surface area is 131 Å². The molecule has 0 aliphatic carbocycles. The second-order valence-electron chi connectivity index (χ2n) is 5.83. The summed E-state index contributed by atoms with van der Waals surface area (Å²) in [6, 6.07) is 4.24. The third-order valence-corrected chi connectivity index (χ3v) is 3.36.